The zero-order valence-electron chi connectivity index (χ0n) is 31.2. The zero-order chi connectivity index (χ0) is 33.9. The molecule has 4 aromatic carbocycles. The van der Waals surface area contributed by atoms with Gasteiger partial charge in [-0.3, -0.25) is 0 Å². The smallest absolute Gasteiger partial charge is 1.00 e. The second-order valence-corrected chi connectivity index (χ2v) is 22.0. The number of fused-ring (bicyclic) bond motifs is 5. The molecule has 4 aliphatic rings. The Hall–Kier alpha value is -2.83. The summed E-state index contributed by atoms with van der Waals surface area (Å²) in [4.78, 5) is 0. The summed E-state index contributed by atoms with van der Waals surface area (Å²) in [6, 6.07) is 29.1. The number of allylic oxidation sites excluding steroid dienone is 8. The molecule has 8 rings (SSSR count). The Labute approximate surface area is 320 Å². The molecule has 0 bridgehead atoms. The average molecular weight is 775 g/mol. The van der Waals surface area contributed by atoms with Crippen molar-refractivity contribution in [2.45, 2.75) is 86.5 Å². The van der Waals surface area contributed by atoms with E-state index in [-0.39, 0.29) is 35.6 Å². The van der Waals surface area contributed by atoms with Crippen molar-refractivity contribution >= 4 is 14.4 Å². The van der Waals surface area contributed by atoms with Crippen molar-refractivity contribution in [2.24, 2.45) is 5.92 Å². The first kappa shape index (κ1) is 36.9. The van der Waals surface area contributed by atoms with Gasteiger partial charge in [0.25, 0.3) is 0 Å². The van der Waals surface area contributed by atoms with Crippen LogP contribution in [0.1, 0.15) is 111 Å². The first-order valence-corrected chi connectivity index (χ1v) is 21.5. The number of hydrogen-bond acceptors (Lipinski definition) is 0. The van der Waals surface area contributed by atoms with E-state index < -0.39 is 21.3 Å². The standard InChI is InChI=1S/C25H25.C15H14.C7H9.2ClH.Zr/c1-14-12-24(3,4)22-8-16-7-17-9-23-19(15(2)13-25(23,5)6)11-21(17)20(16)10-18(14)22;1-12-3-7-14(8-4-12)11-15-9-5-13(2)6-10-15;1-6-3-4-7(2)5-6;;;/h8-12H,7H2,1-6H3;3-10H,1-2H3;3,5,7H,1-2H3;2*1H;/q;;;;;+2/p-2. The van der Waals surface area contributed by atoms with Crippen LogP contribution >= 0.6 is 0 Å². The topological polar surface area (TPSA) is 0 Å². The summed E-state index contributed by atoms with van der Waals surface area (Å²) in [5.74, 6) is 0.463. The Morgan fingerprint density at radius 1 is 0.660 bits per heavy atom. The van der Waals surface area contributed by atoms with Crippen LogP contribution in [0.25, 0.3) is 22.3 Å². The molecule has 0 saturated carbocycles. The van der Waals surface area contributed by atoms with Crippen molar-refractivity contribution in [1.29, 1.82) is 0 Å². The second kappa shape index (κ2) is 13.0. The summed E-state index contributed by atoms with van der Waals surface area (Å²) in [5, 5.41) is 0. The van der Waals surface area contributed by atoms with Crippen molar-refractivity contribution in [3.63, 3.8) is 0 Å². The van der Waals surface area contributed by atoms with E-state index >= 15 is 0 Å². The van der Waals surface area contributed by atoms with Crippen LogP contribution in [-0.2, 0) is 38.5 Å². The molecule has 1 atom stereocenters. The summed E-state index contributed by atoms with van der Waals surface area (Å²) in [5.41, 5.74) is 21.7. The monoisotopic (exact) mass is 772 g/mol. The van der Waals surface area contributed by atoms with E-state index in [0.29, 0.717) is 5.92 Å². The third-order valence-electron chi connectivity index (χ3n) is 11.8. The van der Waals surface area contributed by atoms with Crippen LogP contribution in [0.15, 0.2) is 103 Å². The minimum atomic E-state index is -2.80. The molecule has 0 aromatic heterocycles. The van der Waals surface area contributed by atoms with Gasteiger partial charge >= 0.3 is 298 Å². The van der Waals surface area contributed by atoms with E-state index in [4.69, 9.17) is 0 Å². The Balaban J connectivity index is 0.00000216. The fourth-order valence-electron chi connectivity index (χ4n) is 9.43. The Kier molecular flexibility index (Phi) is 9.60. The van der Waals surface area contributed by atoms with Gasteiger partial charge in [-0.1, -0.05) is 0 Å². The predicted octanol–water partition coefficient (Wildman–Crippen LogP) is 5.97. The van der Waals surface area contributed by atoms with Crippen molar-refractivity contribution < 1.29 is 46.1 Å². The molecule has 254 valence electrons. The molecule has 0 nitrogen and oxygen atoms in total. The third kappa shape index (κ3) is 5.72. The molecular weight excluding hydrogens is 727 g/mol. The summed E-state index contributed by atoms with van der Waals surface area (Å²) in [7, 11) is 0. The van der Waals surface area contributed by atoms with Gasteiger partial charge in [0.1, 0.15) is 0 Å². The van der Waals surface area contributed by atoms with Crippen molar-refractivity contribution in [2.75, 3.05) is 0 Å². The molecule has 0 fully saturated rings. The van der Waals surface area contributed by atoms with Gasteiger partial charge in [-0.2, -0.15) is 0 Å². The maximum Gasteiger partial charge on any atom is -1.00 e. The van der Waals surface area contributed by atoms with Gasteiger partial charge in [0.15, 0.2) is 0 Å². The summed E-state index contributed by atoms with van der Waals surface area (Å²) in [6.45, 7) is 23.7. The maximum atomic E-state index is 2.62. The van der Waals surface area contributed by atoms with Gasteiger partial charge in [-0.05, 0) is 0 Å². The van der Waals surface area contributed by atoms with Crippen LogP contribution in [0.5, 0.6) is 0 Å². The van der Waals surface area contributed by atoms with Crippen LogP contribution in [0.4, 0.5) is 0 Å². The van der Waals surface area contributed by atoms with Gasteiger partial charge in [0, 0.05) is 0 Å². The fourth-order valence-corrected chi connectivity index (χ4v) is 19.1. The zero-order valence-corrected chi connectivity index (χ0v) is 35.2. The summed E-state index contributed by atoms with van der Waals surface area (Å²) >= 11 is -2.80. The number of benzene rings is 4. The van der Waals surface area contributed by atoms with Crippen LogP contribution in [0, 0.1) is 19.8 Å². The molecule has 0 heterocycles. The van der Waals surface area contributed by atoms with E-state index in [2.05, 4.69) is 160 Å². The fraction of sp³-hybridized carbons (Fsp3) is 0.298. The number of halogens is 2. The van der Waals surface area contributed by atoms with Crippen LogP contribution in [0.3, 0.4) is 0 Å². The van der Waals surface area contributed by atoms with Gasteiger partial charge in [-0.25, -0.2) is 0 Å². The van der Waals surface area contributed by atoms with Crippen molar-refractivity contribution in [1.82, 2.24) is 0 Å². The molecule has 4 aromatic rings. The van der Waals surface area contributed by atoms with Crippen molar-refractivity contribution in [3.05, 3.63) is 159 Å². The first-order valence-electron chi connectivity index (χ1n) is 17.8. The molecule has 1 unspecified atom stereocenters. The van der Waals surface area contributed by atoms with Crippen LogP contribution in [0.2, 0.25) is 0 Å². The van der Waals surface area contributed by atoms with E-state index in [9.17, 15) is 0 Å². The second-order valence-electron chi connectivity index (χ2n) is 16.2. The predicted molar refractivity (Wildman–Crippen MR) is 204 cm³/mol. The van der Waals surface area contributed by atoms with E-state index in [1.54, 1.807) is 9.77 Å². The first-order chi connectivity index (χ1) is 22.7. The molecule has 0 N–H and O–H groups in total. The minimum Gasteiger partial charge on any atom is -1.00 e. The molecule has 0 radical (unpaired) electrons. The van der Waals surface area contributed by atoms with Gasteiger partial charge in [0.05, 0.1) is 0 Å². The van der Waals surface area contributed by atoms with Gasteiger partial charge in [0.2, 0.25) is 0 Å². The van der Waals surface area contributed by atoms with E-state index in [1.807, 2.05) is 0 Å². The third-order valence-corrected chi connectivity index (χ3v) is 21.0. The van der Waals surface area contributed by atoms with Crippen LogP contribution in [-0.4, -0.2) is 3.21 Å². The van der Waals surface area contributed by atoms with Crippen molar-refractivity contribution in [3.8, 4) is 11.1 Å². The quantitative estimate of drug-likeness (QED) is 0.212. The molecule has 50 heavy (non-hydrogen) atoms. The summed E-state index contributed by atoms with van der Waals surface area (Å²) < 4.78 is 5.07. The molecule has 0 amide bonds. The largest absolute Gasteiger partial charge is 1.00 e. The van der Waals surface area contributed by atoms with Gasteiger partial charge < -0.3 is 24.8 Å². The minimum absolute atomic E-state index is 0. The molecule has 0 spiro atoms. The van der Waals surface area contributed by atoms with E-state index in [0.717, 1.165) is 6.42 Å². The SMILES string of the molecule is CC1=CC(C)[C]([Zr+2]([C]2=C(C)c3cc4c(cc3C2(C)C)Cc2cc3c(cc2-4)C(C)=CC3(C)C)=[C](c2ccc(C)cc2)c2ccc(C)cc2)=C1.[Cl-].[Cl-]. The van der Waals surface area contributed by atoms with Gasteiger partial charge in [-0.15, -0.1) is 0 Å². The summed E-state index contributed by atoms with van der Waals surface area (Å²) in [6.07, 6.45) is 8.57. The Morgan fingerprint density at radius 2 is 1.18 bits per heavy atom. The van der Waals surface area contributed by atoms with E-state index in [1.165, 1.54) is 83.5 Å². The number of rotatable bonds is 4. The normalized spacial score (nSPS) is 18.4. The maximum absolute atomic E-state index is 2.80. The average Bonchev–Trinajstić information content (AvgIpc) is 3.69. The number of hydrogen-bond donors (Lipinski definition) is 0. The Morgan fingerprint density at radius 3 is 1.70 bits per heavy atom. The molecular formula is C47H48Cl2Zr. The molecule has 4 aliphatic carbocycles. The molecule has 0 saturated heterocycles. The van der Waals surface area contributed by atoms with Crippen LogP contribution < -0.4 is 24.8 Å². The Bertz CT molecular complexity index is 2180. The molecule has 0 aliphatic heterocycles. The number of aryl methyl sites for hydroxylation is 2. The molecule has 3 heteroatoms.